The second-order valence-electron chi connectivity index (χ2n) is 5.00. The minimum atomic E-state index is -0.654. The Kier molecular flexibility index (Phi) is 5.37. The van der Waals surface area contributed by atoms with Crippen LogP contribution in [0.25, 0.3) is 0 Å². The van der Waals surface area contributed by atoms with E-state index in [9.17, 15) is 9.90 Å². The zero-order chi connectivity index (χ0) is 15.2. The van der Waals surface area contributed by atoms with Gasteiger partial charge in [-0.05, 0) is 24.6 Å². The summed E-state index contributed by atoms with van der Waals surface area (Å²) in [6.45, 7) is 1.78. The molecule has 0 radical (unpaired) electrons. The van der Waals surface area contributed by atoms with Crippen LogP contribution in [-0.2, 0) is 6.42 Å². The number of halogens is 1. The normalized spacial score (nSPS) is 13.5. The molecule has 3 nitrogen and oxygen atoms in total. The average molecular weight is 304 g/mol. The van der Waals surface area contributed by atoms with Crippen molar-refractivity contribution in [1.82, 2.24) is 5.32 Å². The highest BCUT2D eigenvalue weighted by atomic mass is 35.5. The van der Waals surface area contributed by atoms with Gasteiger partial charge in [0.1, 0.15) is 0 Å². The maximum absolute atomic E-state index is 12.1. The summed E-state index contributed by atoms with van der Waals surface area (Å²) in [5.41, 5.74) is 1.45. The molecule has 21 heavy (non-hydrogen) atoms. The van der Waals surface area contributed by atoms with Gasteiger partial charge in [0.25, 0.3) is 5.91 Å². The van der Waals surface area contributed by atoms with Crippen LogP contribution in [0.2, 0.25) is 5.02 Å². The molecular formula is C17H18ClNO2. The molecule has 0 saturated carbocycles. The summed E-state index contributed by atoms with van der Waals surface area (Å²) in [5, 5.41) is 13.4. The number of amides is 1. The van der Waals surface area contributed by atoms with Crippen LogP contribution in [0.1, 0.15) is 22.8 Å². The van der Waals surface area contributed by atoms with Crippen LogP contribution in [0.5, 0.6) is 0 Å². The van der Waals surface area contributed by atoms with E-state index in [2.05, 4.69) is 5.32 Å². The monoisotopic (exact) mass is 303 g/mol. The van der Waals surface area contributed by atoms with Gasteiger partial charge in [-0.1, -0.05) is 54.1 Å². The third-order valence-electron chi connectivity index (χ3n) is 3.34. The first-order valence-corrected chi connectivity index (χ1v) is 7.23. The summed E-state index contributed by atoms with van der Waals surface area (Å²) >= 11 is 5.99. The van der Waals surface area contributed by atoms with Gasteiger partial charge in [-0.15, -0.1) is 0 Å². The highest BCUT2D eigenvalue weighted by molar-refractivity contribution is 6.33. The molecule has 0 fully saturated rings. The Hall–Kier alpha value is -1.84. The molecule has 0 saturated heterocycles. The van der Waals surface area contributed by atoms with Crippen LogP contribution in [-0.4, -0.2) is 23.2 Å². The highest BCUT2D eigenvalue weighted by Crippen LogP contribution is 2.15. The van der Waals surface area contributed by atoms with E-state index in [1.807, 2.05) is 30.3 Å². The van der Waals surface area contributed by atoms with Crippen molar-refractivity contribution in [2.45, 2.75) is 25.5 Å². The lowest BCUT2D eigenvalue weighted by Gasteiger charge is -2.20. The lowest BCUT2D eigenvalue weighted by molar-refractivity contribution is 0.0852. The van der Waals surface area contributed by atoms with Crippen LogP contribution in [0.3, 0.4) is 0 Å². The molecule has 4 heteroatoms. The van der Waals surface area contributed by atoms with Crippen LogP contribution in [0.15, 0.2) is 54.6 Å². The van der Waals surface area contributed by atoms with Crippen molar-refractivity contribution in [2.24, 2.45) is 0 Å². The van der Waals surface area contributed by atoms with Crippen molar-refractivity contribution in [2.75, 3.05) is 0 Å². The topological polar surface area (TPSA) is 49.3 Å². The molecule has 0 aliphatic rings. The number of nitrogens with one attached hydrogen (secondary N) is 1. The number of aliphatic hydroxyl groups excluding tert-OH is 1. The van der Waals surface area contributed by atoms with Gasteiger partial charge in [0.2, 0.25) is 0 Å². The summed E-state index contributed by atoms with van der Waals surface area (Å²) in [7, 11) is 0. The first-order chi connectivity index (χ1) is 10.1. The van der Waals surface area contributed by atoms with Gasteiger partial charge in [0.05, 0.1) is 22.7 Å². The number of hydrogen-bond acceptors (Lipinski definition) is 2. The van der Waals surface area contributed by atoms with Gasteiger partial charge in [-0.3, -0.25) is 4.79 Å². The number of benzene rings is 2. The van der Waals surface area contributed by atoms with E-state index in [4.69, 9.17) is 11.6 Å². The second-order valence-corrected chi connectivity index (χ2v) is 5.41. The van der Waals surface area contributed by atoms with E-state index in [0.29, 0.717) is 17.0 Å². The molecule has 0 spiro atoms. The molecule has 2 N–H and O–H groups in total. The predicted octanol–water partition coefficient (Wildman–Crippen LogP) is 3.06. The molecule has 1 amide bonds. The number of hydrogen-bond donors (Lipinski definition) is 2. The van der Waals surface area contributed by atoms with Gasteiger partial charge >= 0.3 is 0 Å². The van der Waals surface area contributed by atoms with Gasteiger partial charge in [-0.2, -0.15) is 0 Å². The Morgan fingerprint density at radius 1 is 1.14 bits per heavy atom. The largest absolute Gasteiger partial charge is 0.391 e. The maximum atomic E-state index is 12.1. The van der Waals surface area contributed by atoms with E-state index < -0.39 is 6.10 Å². The lowest BCUT2D eigenvalue weighted by Crippen LogP contribution is -2.42. The third kappa shape index (κ3) is 4.31. The predicted molar refractivity (Wildman–Crippen MR) is 84.5 cm³/mol. The summed E-state index contributed by atoms with van der Waals surface area (Å²) in [6.07, 6.45) is -0.163. The molecule has 2 rings (SSSR count). The van der Waals surface area contributed by atoms with Gasteiger partial charge < -0.3 is 10.4 Å². The van der Waals surface area contributed by atoms with Gasteiger partial charge in [-0.25, -0.2) is 0 Å². The lowest BCUT2D eigenvalue weighted by atomic mass is 10.0. The molecule has 0 aromatic heterocycles. The standard InChI is InChI=1S/C17H18ClNO2/c1-12(16(20)11-13-7-3-2-4-8-13)19-17(21)14-9-5-6-10-15(14)18/h2-10,12,16,20H,11H2,1H3,(H,19,21). The molecule has 2 unspecified atom stereocenters. The molecule has 0 heterocycles. The van der Waals surface area contributed by atoms with Crippen LogP contribution >= 0.6 is 11.6 Å². The minimum absolute atomic E-state index is 0.278. The van der Waals surface area contributed by atoms with Crippen molar-refractivity contribution in [3.05, 3.63) is 70.7 Å². The molecule has 110 valence electrons. The van der Waals surface area contributed by atoms with E-state index in [1.165, 1.54) is 0 Å². The fourth-order valence-corrected chi connectivity index (χ4v) is 2.28. The Bertz CT molecular complexity index is 601. The Morgan fingerprint density at radius 3 is 2.43 bits per heavy atom. The van der Waals surface area contributed by atoms with E-state index in [-0.39, 0.29) is 11.9 Å². The summed E-state index contributed by atoms with van der Waals surface area (Å²) in [5.74, 6) is -0.278. The summed E-state index contributed by atoms with van der Waals surface area (Å²) in [6, 6.07) is 16.2. The van der Waals surface area contributed by atoms with Crippen molar-refractivity contribution in [3.8, 4) is 0 Å². The van der Waals surface area contributed by atoms with Gasteiger partial charge in [0.15, 0.2) is 0 Å². The first-order valence-electron chi connectivity index (χ1n) is 6.85. The van der Waals surface area contributed by atoms with Gasteiger partial charge in [0, 0.05) is 6.42 Å². The Labute approximate surface area is 129 Å². The molecule has 0 aliphatic heterocycles. The summed E-state index contributed by atoms with van der Waals surface area (Å²) < 4.78 is 0. The van der Waals surface area contributed by atoms with E-state index >= 15 is 0 Å². The van der Waals surface area contributed by atoms with Crippen LogP contribution in [0, 0.1) is 0 Å². The first kappa shape index (κ1) is 15.5. The highest BCUT2D eigenvalue weighted by Gasteiger charge is 2.18. The number of carbonyl (C=O) groups excluding carboxylic acids is 1. The van der Waals surface area contributed by atoms with Crippen molar-refractivity contribution >= 4 is 17.5 Å². The van der Waals surface area contributed by atoms with Crippen molar-refractivity contribution in [3.63, 3.8) is 0 Å². The number of carbonyl (C=O) groups is 1. The maximum Gasteiger partial charge on any atom is 0.253 e. The molecular weight excluding hydrogens is 286 g/mol. The molecule has 2 atom stereocenters. The Morgan fingerprint density at radius 2 is 1.76 bits per heavy atom. The fourth-order valence-electron chi connectivity index (χ4n) is 2.06. The molecule has 0 bridgehead atoms. The zero-order valence-electron chi connectivity index (χ0n) is 11.8. The smallest absolute Gasteiger partial charge is 0.253 e. The molecule has 0 aliphatic carbocycles. The Balaban J connectivity index is 1.96. The van der Waals surface area contributed by atoms with Crippen molar-refractivity contribution in [1.29, 1.82) is 0 Å². The van der Waals surface area contributed by atoms with Crippen molar-refractivity contribution < 1.29 is 9.90 Å². The SMILES string of the molecule is CC(NC(=O)c1ccccc1Cl)C(O)Cc1ccccc1. The minimum Gasteiger partial charge on any atom is -0.391 e. The number of aliphatic hydroxyl groups is 1. The summed E-state index contributed by atoms with van der Waals surface area (Å²) in [4.78, 5) is 12.1. The number of rotatable bonds is 5. The van der Waals surface area contributed by atoms with E-state index in [0.717, 1.165) is 5.56 Å². The second kappa shape index (κ2) is 7.25. The molecule has 2 aromatic rings. The van der Waals surface area contributed by atoms with E-state index in [1.54, 1.807) is 31.2 Å². The fraction of sp³-hybridized carbons (Fsp3) is 0.235. The zero-order valence-corrected chi connectivity index (χ0v) is 12.5. The van der Waals surface area contributed by atoms with Crippen LogP contribution < -0.4 is 5.32 Å². The average Bonchev–Trinajstić information content (AvgIpc) is 2.48. The molecule has 2 aromatic carbocycles. The quantitative estimate of drug-likeness (QED) is 0.892. The third-order valence-corrected chi connectivity index (χ3v) is 3.67. The van der Waals surface area contributed by atoms with Crippen LogP contribution in [0.4, 0.5) is 0 Å².